The largest absolute Gasteiger partial charge is 0.496 e. The van der Waals surface area contributed by atoms with Gasteiger partial charge in [-0.05, 0) is 50.3 Å². The van der Waals surface area contributed by atoms with Crippen molar-refractivity contribution < 1.29 is 28.6 Å². The van der Waals surface area contributed by atoms with Crippen LogP contribution in [0.4, 0.5) is 9.18 Å². The van der Waals surface area contributed by atoms with Crippen LogP contribution in [0.25, 0.3) is 11.1 Å². The predicted octanol–water partition coefficient (Wildman–Crippen LogP) is 5.26. The highest BCUT2D eigenvalue weighted by atomic mass is 79.9. The first-order valence-electron chi connectivity index (χ1n) is 9.78. The fraction of sp³-hybridized carbons (Fsp3) is 0.167. The van der Waals surface area contributed by atoms with E-state index in [1.54, 1.807) is 0 Å². The first-order chi connectivity index (χ1) is 15.4. The first-order valence-corrected chi connectivity index (χ1v) is 10.6. The Bertz CT molecular complexity index is 1150. The molecule has 1 aliphatic rings. The van der Waals surface area contributed by atoms with Crippen molar-refractivity contribution in [1.82, 2.24) is 5.32 Å². The Balaban J connectivity index is 1.52. The Morgan fingerprint density at radius 1 is 1.09 bits per heavy atom. The number of ether oxygens (including phenoxy) is 2. The number of nitrogens with one attached hydrogen (secondary N) is 1. The number of aliphatic carboxylic acids is 1. The third-order valence-electron chi connectivity index (χ3n) is 5.43. The molecule has 1 atom stereocenters. The molecular weight excluding hydrogens is 481 g/mol. The molecule has 0 bridgehead atoms. The molecule has 1 unspecified atom stereocenters. The number of carbonyl (C=O) groups is 2. The molecule has 0 fully saturated rings. The molecule has 1 aliphatic carbocycles. The molecule has 0 spiro atoms. The van der Waals surface area contributed by atoms with Gasteiger partial charge in [-0.25, -0.2) is 14.0 Å². The number of halogens is 2. The number of amides is 1. The minimum Gasteiger partial charge on any atom is -0.496 e. The summed E-state index contributed by atoms with van der Waals surface area (Å²) in [6, 6.07) is 16.4. The van der Waals surface area contributed by atoms with Gasteiger partial charge in [-0.15, -0.1) is 0 Å². The van der Waals surface area contributed by atoms with E-state index in [0.717, 1.165) is 28.3 Å². The molecule has 8 heteroatoms. The van der Waals surface area contributed by atoms with E-state index < -0.39 is 23.9 Å². The molecule has 164 valence electrons. The number of benzene rings is 3. The van der Waals surface area contributed by atoms with Crippen LogP contribution in [0.5, 0.6) is 5.75 Å². The van der Waals surface area contributed by atoms with E-state index in [1.165, 1.54) is 13.2 Å². The summed E-state index contributed by atoms with van der Waals surface area (Å²) in [6.07, 6.45) is -0.958. The SMILES string of the molecule is COc1cc(C(NC(=O)OCC2c3ccccc3-c3ccccc32)C(=O)O)c(F)cc1Br. The number of rotatable bonds is 6. The summed E-state index contributed by atoms with van der Waals surface area (Å²) in [6.45, 7) is 0.0122. The number of hydrogen-bond donors (Lipinski definition) is 2. The Morgan fingerprint density at radius 2 is 1.69 bits per heavy atom. The zero-order valence-electron chi connectivity index (χ0n) is 17.0. The van der Waals surface area contributed by atoms with E-state index in [-0.39, 0.29) is 23.8 Å². The van der Waals surface area contributed by atoms with E-state index in [9.17, 15) is 19.1 Å². The Kier molecular flexibility index (Phi) is 6.14. The lowest BCUT2D eigenvalue weighted by molar-refractivity contribution is -0.139. The second kappa shape index (κ2) is 9.00. The van der Waals surface area contributed by atoms with Gasteiger partial charge in [0.1, 0.15) is 18.2 Å². The average molecular weight is 500 g/mol. The third kappa shape index (κ3) is 4.05. The number of carboxylic acid groups (broad SMARTS) is 1. The minimum absolute atomic E-state index is 0.0122. The first kappa shape index (κ1) is 21.8. The standard InChI is InChI=1S/C24H19BrFNO5/c1-31-21-10-17(20(26)11-19(21)25)22(23(28)29)27-24(30)32-12-18-15-8-4-2-6-13(15)14-7-3-5-9-16(14)18/h2-11,18,22H,12H2,1H3,(H,27,30)(H,28,29). The van der Waals surface area contributed by atoms with Crippen molar-refractivity contribution in [2.24, 2.45) is 0 Å². The highest BCUT2D eigenvalue weighted by molar-refractivity contribution is 9.10. The Hall–Kier alpha value is -3.39. The molecule has 0 heterocycles. The Labute approximate surface area is 192 Å². The molecule has 3 aromatic carbocycles. The lowest BCUT2D eigenvalue weighted by Gasteiger charge is -2.19. The summed E-state index contributed by atoms with van der Waals surface area (Å²) < 4.78 is 25.3. The maximum atomic E-state index is 14.4. The molecule has 1 amide bonds. The minimum atomic E-state index is -1.65. The monoisotopic (exact) mass is 499 g/mol. The number of alkyl carbamates (subject to hydrolysis) is 1. The zero-order chi connectivity index (χ0) is 22.8. The van der Waals surface area contributed by atoms with Crippen LogP contribution >= 0.6 is 15.9 Å². The van der Waals surface area contributed by atoms with Crippen molar-refractivity contribution in [3.63, 3.8) is 0 Å². The van der Waals surface area contributed by atoms with E-state index in [4.69, 9.17) is 9.47 Å². The molecule has 4 rings (SSSR count). The van der Waals surface area contributed by atoms with Gasteiger partial charge in [0.05, 0.1) is 11.6 Å². The van der Waals surface area contributed by atoms with E-state index in [2.05, 4.69) is 21.2 Å². The molecule has 0 radical (unpaired) electrons. The van der Waals surface area contributed by atoms with Gasteiger partial charge < -0.3 is 19.9 Å². The number of carbonyl (C=O) groups excluding carboxylic acids is 1. The smallest absolute Gasteiger partial charge is 0.408 e. The third-order valence-corrected chi connectivity index (χ3v) is 6.05. The second-order valence-electron chi connectivity index (χ2n) is 7.25. The van der Waals surface area contributed by atoms with Gasteiger partial charge in [0.15, 0.2) is 6.04 Å². The van der Waals surface area contributed by atoms with Crippen molar-refractivity contribution in [3.8, 4) is 16.9 Å². The molecular formula is C24H19BrFNO5. The highest BCUT2D eigenvalue weighted by Crippen LogP contribution is 2.44. The summed E-state index contributed by atoms with van der Waals surface area (Å²) in [7, 11) is 1.37. The van der Waals surface area contributed by atoms with Gasteiger partial charge in [0.25, 0.3) is 0 Å². The van der Waals surface area contributed by atoms with Crippen LogP contribution in [-0.2, 0) is 9.53 Å². The summed E-state index contributed by atoms with van der Waals surface area (Å²) in [5.74, 6) is -2.17. The van der Waals surface area contributed by atoms with Crippen LogP contribution in [0.15, 0.2) is 65.1 Å². The van der Waals surface area contributed by atoms with Gasteiger partial charge in [-0.2, -0.15) is 0 Å². The van der Waals surface area contributed by atoms with E-state index in [1.807, 2.05) is 48.5 Å². The molecule has 0 aromatic heterocycles. The predicted molar refractivity (Wildman–Crippen MR) is 119 cm³/mol. The van der Waals surface area contributed by atoms with Crippen LogP contribution in [0.3, 0.4) is 0 Å². The molecule has 0 saturated carbocycles. The lowest BCUT2D eigenvalue weighted by atomic mass is 9.98. The van der Waals surface area contributed by atoms with Crippen LogP contribution in [0.1, 0.15) is 28.7 Å². The van der Waals surface area contributed by atoms with Crippen LogP contribution < -0.4 is 10.1 Å². The number of fused-ring (bicyclic) bond motifs is 3. The fourth-order valence-corrected chi connectivity index (χ4v) is 4.43. The molecule has 2 N–H and O–H groups in total. The Morgan fingerprint density at radius 3 is 2.25 bits per heavy atom. The van der Waals surface area contributed by atoms with Crippen LogP contribution in [-0.4, -0.2) is 30.9 Å². The summed E-state index contributed by atoms with van der Waals surface area (Å²) in [4.78, 5) is 24.3. The number of hydrogen-bond acceptors (Lipinski definition) is 4. The highest BCUT2D eigenvalue weighted by Gasteiger charge is 2.31. The van der Waals surface area contributed by atoms with Crippen molar-refractivity contribution in [2.45, 2.75) is 12.0 Å². The number of methoxy groups -OCH3 is 1. The van der Waals surface area contributed by atoms with Crippen molar-refractivity contribution in [2.75, 3.05) is 13.7 Å². The lowest BCUT2D eigenvalue weighted by Crippen LogP contribution is -2.35. The maximum absolute atomic E-state index is 14.4. The summed E-state index contributed by atoms with van der Waals surface area (Å²) in [5, 5.41) is 11.8. The normalized spacial score (nSPS) is 13.1. The fourth-order valence-electron chi connectivity index (χ4n) is 3.95. The summed E-state index contributed by atoms with van der Waals surface area (Å²) in [5.41, 5.74) is 3.96. The van der Waals surface area contributed by atoms with Crippen molar-refractivity contribution in [3.05, 3.63) is 87.6 Å². The van der Waals surface area contributed by atoms with Gasteiger partial charge in [0, 0.05) is 11.5 Å². The molecule has 6 nitrogen and oxygen atoms in total. The molecule has 0 saturated heterocycles. The topological polar surface area (TPSA) is 84.9 Å². The van der Waals surface area contributed by atoms with Gasteiger partial charge in [-0.1, -0.05) is 48.5 Å². The quantitative estimate of drug-likeness (QED) is 0.483. The van der Waals surface area contributed by atoms with Crippen LogP contribution in [0.2, 0.25) is 0 Å². The van der Waals surface area contributed by atoms with E-state index >= 15 is 0 Å². The molecule has 0 aliphatic heterocycles. The second-order valence-corrected chi connectivity index (χ2v) is 8.10. The van der Waals surface area contributed by atoms with Crippen molar-refractivity contribution >= 4 is 28.0 Å². The average Bonchev–Trinajstić information content (AvgIpc) is 3.10. The van der Waals surface area contributed by atoms with Crippen LogP contribution in [0, 0.1) is 5.82 Å². The molecule has 3 aromatic rings. The zero-order valence-corrected chi connectivity index (χ0v) is 18.6. The number of carboxylic acids is 1. The van der Waals surface area contributed by atoms with Gasteiger partial charge in [0.2, 0.25) is 0 Å². The summed E-state index contributed by atoms with van der Waals surface area (Å²) >= 11 is 3.14. The van der Waals surface area contributed by atoms with E-state index in [0.29, 0.717) is 4.47 Å². The van der Waals surface area contributed by atoms with Gasteiger partial charge >= 0.3 is 12.1 Å². The maximum Gasteiger partial charge on any atom is 0.408 e. The van der Waals surface area contributed by atoms with Crippen molar-refractivity contribution in [1.29, 1.82) is 0 Å². The van der Waals surface area contributed by atoms with Gasteiger partial charge in [-0.3, -0.25) is 0 Å². The molecule has 32 heavy (non-hydrogen) atoms.